The van der Waals surface area contributed by atoms with Crippen LogP contribution in [-0.2, 0) is 6.42 Å². The fourth-order valence-electron chi connectivity index (χ4n) is 1.91. The molecule has 1 aromatic heterocycles. The van der Waals surface area contributed by atoms with Crippen LogP contribution in [0.15, 0.2) is 24.3 Å². The molecule has 0 aliphatic heterocycles. The SMILES string of the molecule is Cc1ccc2sc(CCCN(C)C)cc2c1. The van der Waals surface area contributed by atoms with Gasteiger partial charge in [-0.1, -0.05) is 17.7 Å². The van der Waals surface area contributed by atoms with E-state index in [-0.39, 0.29) is 0 Å². The maximum absolute atomic E-state index is 2.35. The number of rotatable bonds is 4. The van der Waals surface area contributed by atoms with Gasteiger partial charge in [-0.25, -0.2) is 0 Å². The van der Waals surface area contributed by atoms with Crippen molar-refractivity contribution in [2.24, 2.45) is 0 Å². The molecule has 2 rings (SSSR count). The van der Waals surface area contributed by atoms with E-state index < -0.39 is 0 Å². The summed E-state index contributed by atoms with van der Waals surface area (Å²) in [6.45, 7) is 3.33. The molecule has 1 heterocycles. The lowest BCUT2D eigenvalue weighted by Crippen LogP contribution is -2.13. The van der Waals surface area contributed by atoms with Gasteiger partial charge in [0.1, 0.15) is 0 Å². The molecule has 0 aliphatic carbocycles. The molecule has 0 aliphatic rings. The summed E-state index contributed by atoms with van der Waals surface area (Å²) in [4.78, 5) is 3.76. The van der Waals surface area contributed by atoms with Crippen molar-refractivity contribution in [1.29, 1.82) is 0 Å². The third kappa shape index (κ3) is 2.83. The molecule has 0 fully saturated rings. The Morgan fingerprint density at radius 1 is 1.19 bits per heavy atom. The summed E-state index contributed by atoms with van der Waals surface area (Å²) < 4.78 is 1.42. The Morgan fingerprint density at radius 2 is 2.00 bits per heavy atom. The van der Waals surface area contributed by atoms with E-state index >= 15 is 0 Å². The van der Waals surface area contributed by atoms with Crippen LogP contribution in [0.4, 0.5) is 0 Å². The molecular formula is C14H19NS. The Morgan fingerprint density at radius 3 is 2.75 bits per heavy atom. The molecule has 86 valence electrons. The fraction of sp³-hybridized carbons (Fsp3) is 0.429. The van der Waals surface area contributed by atoms with E-state index in [4.69, 9.17) is 0 Å². The Hall–Kier alpha value is -0.860. The second-order valence-corrected chi connectivity index (χ2v) is 5.83. The van der Waals surface area contributed by atoms with Crippen molar-refractivity contribution in [1.82, 2.24) is 4.90 Å². The minimum absolute atomic E-state index is 1.17. The van der Waals surface area contributed by atoms with Crippen molar-refractivity contribution in [3.8, 4) is 0 Å². The molecular weight excluding hydrogens is 214 g/mol. The Kier molecular flexibility index (Phi) is 3.62. The van der Waals surface area contributed by atoms with Crippen molar-refractivity contribution in [3.05, 3.63) is 34.7 Å². The third-order valence-electron chi connectivity index (χ3n) is 2.75. The first kappa shape index (κ1) is 11.6. The van der Waals surface area contributed by atoms with E-state index in [9.17, 15) is 0 Å². The van der Waals surface area contributed by atoms with E-state index in [0.29, 0.717) is 0 Å². The van der Waals surface area contributed by atoms with Gasteiger partial charge in [0.25, 0.3) is 0 Å². The predicted molar refractivity (Wildman–Crippen MR) is 73.4 cm³/mol. The number of benzene rings is 1. The van der Waals surface area contributed by atoms with Gasteiger partial charge in [0.05, 0.1) is 0 Å². The lowest BCUT2D eigenvalue weighted by atomic mass is 10.1. The first-order valence-electron chi connectivity index (χ1n) is 5.79. The van der Waals surface area contributed by atoms with E-state index in [2.05, 4.69) is 50.2 Å². The summed E-state index contributed by atoms with van der Waals surface area (Å²) in [6.07, 6.45) is 2.45. The lowest BCUT2D eigenvalue weighted by Gasteiger charge is -2.07. The topological polar surface area (TPSA) is 3.24 Å². The highest BCUT2D eigenvalue weighted by atomic mass is 32.1. The van der Waals surface area contributed by atoms with Gasteiger partial charge in [-0.05, 0) is 57.9 Å². The van der Waals surface area contributed by atoms with Crippen LogP contribution in [0.5, 0.6) is 0 Å². The number of aryl methyl sites for hydroxylation is 2. The van der Waals surface area contributed by atoms with Gasteiger partial charge in [-0.2, -0.15) is 0 Å². The van der Waals surface area contributed by atoms with Crippen molar-refractivity contribution >= 4 is 21.4 Å². The van der Waals surface area contributed by atoms with Crippen molar-refractivity contribution in [3.63, 3.8) is 0 Å². The van der Waals surface area contributed by atoms with Gasteiger partial charge < -0.3 is 4.90 Å². The molecule has 1 nitrogen and oxygen atoms in total. The number of fused-ring (bicyclic) bond motifs is 1. The number of thiophene rings is 1. The first-order chi connectivity index (χ1) is 7.65. The van der Waals surface area contributed by atoms with Crippen molar-refractivity contribution < 1.29 is 0 Å². The van der Waals surface area contributed by atoms with Crippen LogP contribution >= 0.6 is 11.3 Å². The molecule has 0 spiro atoms. The average molecular weight is 233 g/mol. The zero-order chi connectivity index (χ0) is 11.5. The van der Waals surface area contributed by atoms with Crippen LogP contribution in [0, 0.1) is 6.92 Å². The van der Waals surface area contributed by atoms with Crippen LogP contribution in [0.2, 0.25) is 0 Å². The molecule has 0 radical (unpaired) electrons. The van der Waals surface area contributed by atoms with Crippen LogP contribution < -0.4 is 0 Å². The molecule has 2 aromatic rings. The van der Waals surface area contributed by atoms with Gasteiger partial charge in [0.15, 0.2) is 0 Å². The average Bonchev–Trinajstić information content (AvgIpc) is 2.58. The summed E-state index contributed by atoms with van der Waals surface area (Å²) in [6, 6.07) is 9.07. The highest BCUT2D eigenvalue weighted by Gasteiger charge is 2.02. The van der Waals surface area contributed by atoms with Crippen LogP contribution in [-0.4, -0.2) is 25.5 Å². The minimum atomic E-state index is 1.17. The van der Waals surface area contributed by atoms with Gasteiger partial charge >= 0.3 is 0 Å². The first-order valence-corrected chi connectivity index (χ1v) is 6.60. The van der Waals surface area contributed by atoms with Gasteiger partial charge in [-0.15, -0.1) is 11.3 Å². The molecule has 0 bridgehead atoms. The third-order valence-corrected chi connectivity index (χ3v) is 3.93. The number of hydrogen-bond donors (Lipinski definition) is 0. The monoisotopic (exact) mass is 233 g/mol. The van der Waals surface area contributed by atoms with E-state index in [1.165, 1.54) is 39.9 Å². The van der Waals surface area contributed by atoms with Crippen molar-refractivity contribution in [2.45, 2.75) is 19.8 Å². The molecule has 0 saturated heterocycles. The maximum atomic E-state index is 2.35. The fourth-order valence-corrected chi connectivity index (χ4v) is 3.00. The Bertz CT molecular complexity index is 471. The summed E-state index contributed by atoms with van der Waals surface area (Å²) >= 11 is 1.94. The van der Waals surface area contributed by atoms with Gasteiger partial charge in [0.2, 0.25) is 0 Å². The maximum Gasteiger partial charge on any atom is 0.0345 e. The summed E-state index contributed by atoms with van der Waals surface area (Å²) in [5.41, 5.74) is 1.35. The van der Waals surface area contributed by atoms with Crippen LogP contribution in [0.3, 0.4) is 0 Å². The minimum Gasteiger partial charge on any atom is -0.309 e. The molecule has 0 amide bonds. The molecule has 16 heavy (non-hydrogen) atoms. The van der Waals surface area contributed by atoms with E-state index in [1.54, 1.807) is 0 Å². The molecule has 2 heteroatoms. The van der Waals surface area contributed by atoms with Gasteiger partial charge in [-0.3, -0.25) is 0 Å². The predicted octanol–water partition coefficient (Wildman–Crippen LogP) is 3.70. The molecule has 1 aromatic carbocycles. The summed E-state index contributed by atoms with van der Waals surface area (Å²) in [5.74, 6) is 0. The number of hydrogen-bond acceptors (Lipinski definition) is 2. The lowest BCUT2D eigenvalue weighted by molar-refractivity contribution is 0.401. The van der Waals surface area contributed by atoms with E-state index in [1.807, 2.05) is 11.3 Å². The molecule has 0 saturated carbocycles. The standard InChI is InChI=1S/C14H19NS/c1-11-6-7-14-12(9-11)10-13(16-14)5-4-8-15(2)3/h6-7,9-10H,4-5,8H2,1-3H3. The van der Waals surface area contributed by atoms with Gasteiger partial charge in [0, 0.05) is 9.58 Å². The molecule has 0 N–H and O–H groups in total. The second kappa shape index (κ2) is 4.98. The zero-order valence-corrected chi connectivity index (χ0v) is 11.1. The van der Waals surface area contributed by atoms with Crippen LogP contribution in [0.1, 0.15) is 16.9 Å². The van der Waals surface area contributed by atoms with Crippen LogP contribution in [0.25, 0.3) is 10.1 Å². The highest BCUT2D eigenvalue weighted by molar-refractivity contribution is 7.19. The number of nitrogens with zero attached hydrogens (tertiary/aromatic N) is 1. The smallest absolute Gasteiger partial charge is 0.0345 e. The zero-order valence-electron chi connectivity index (χ0n) is 10.3. The van der Waals surface area contributed by atoms with E-state index in [0.717, 1.165) is 0 Å². The Labute approximate surface area is 102 Å². The summed E-state index contributed by atoms with van der Waals surface area (Å²) in [5, 5.41) is 1.41. The summed E-state index contributed by atoms with van der Waals surface area (Å²) in [7, 11) is 4.27. The molecule has 0 unspecified atom stereocenters. The quantitative estimate of drug-likeness (QED) is 0.778. The van der Waals surface area contributed by atoms with Crippen molar-refractivity contribution in [2.75, 3.05) is 20.6 Å². The Balaban J connectivity index is 2.08. The highest BCUT2D eigenvalue weighted by Crippen LogP contribution is 2.27. The molecule has 0 atom stereocenters. The second-order valence-electron chi connectivity index (χ2n) is 4.66. The largest absolute Gasteiger partial charge is 0.309 e. The normalized spacial score (nSPS) is 11.5.